The first kappa shape index (κ1) is 15.8. The van der Waals surface area contributed by atoms with Crippen LogP contribution in [-0.2, 0) is 6.42 Å². The quantitative estimate of drug-likeness (QED) is 0.866. The minimum absolute atomic E-state index is 0.719. The van der Waals surface area contributed by atoms with Gasteiger partial charge in [-0.05, 0) is 44.6 Å². The Kier molecular flexibility index (Phi) is 4.39. The molecule has 2 aliphatic heterocycles. The minimum Gasteiger partial charge on any atom is -0.356 e. The van der Waals surface area contributed by atoms with E-state index in [0.29, 0.717) is 0 Å². The average molecular weight is 328 g/mol. The molecule has 0 aliphatic carbocycles. The molecule has 1 atom stereocenters. The van der Waals surface area contributed by atoms with Crippen LogP contribution in [0.4, 0.5) is 5.82 Å². The maximum Gasteiger partial charge on any atom is 0.254 e. The number of fused-ring (bicyclic) bond motifs is 1. The van der Waals surface area contributed by atoms with Gasteiger partial charge >= 0.3 is 0 Å². The number of aromatic nitrogens is 4. The van der Waals surface area contributed by atoms with E-state index in [1.165, 1.54) is 38.8 Å². The number of hydrogen-bond acceptors (Lipinski definition) is 5. The van der Waals surface area contributed by atoms with Gasteiger partial charge < -0.3 is 4.90 Å². The zero-order valence-corrected chi connectivity index (χ0v) is 14.9. The van der Waals surface area contributed by atoms with Crippen LogP contribution in [0.3, 0.4) is 0 Å². The largest absolute Gasteiger partial charge is 0.356 e. The van der Waals surface area contributed by atoms with Gasteiger partial charge in [-0.1, -0.05) is 13.8 Å². The number of hydrogen-bond donors (Lipinski definition) is 0. The van der Waals surface area contributed by atoms with E-state index in [1.807, 2.05) is 4.52 Å². The Hall–Kier alpha value is -1.69. The lowest BCUT2D eigenvalue weighted by Gasteiger charge is -2.42. The summed E-state index contributed by atoms with van der Waals surface area (Å²) in [6, 6.07) is 2.94. The fraction of sp³-hybridized carbons (Fsp3) is 0.722. The molecule has 0 N–H and O–H groups in total. The first-order valence-corrected chi connectivity index (χ1v) is 9.43. The summed E-state index contributed by atoms with van der Waals surface area (Å²) in [5.41, 5.74) is 1.09. The predicted octanol–water partition coefficient (Wildman–Crippen LogP) is 2.39. The molecule has 4 rings (SSSR count). The maximum atomic E-state index is 4.56. The van der Waals surface area contributed by atoms with Crippen molar-refractivity contribution in [2.75, 3.05) is 31.1 Å². The van der Waals surface area contributed by atoms with E-state index in [2.05, 4.69) is 44.8 Å². The van der Waals surface area contributed by atoms with Crippen molar-refractivity contribution in [3.05, 3.63) is 18.1 Å². The molecule has 0 amide bonds. The number of likely N-dealkylation sites (tertiary alicyclic amines) is 1. The molecular weight excluding hydrogens is 300 g/mol. The third-order valence-corrected chi connectivity index (χ3v) is 5.64. The molecule has 1 unspecified atom stereocenters. The van der Waals surface area contributed by atoms with Crippen molar-refractivity contribution in [2.45, 2.75) is 52.0 Å². The molecule has 0 radical (unpaired) electrons. The molecule has 4 heterocycles. The van der Waals surface area contributed by atoms with E-state index in [-0.39, 0.29) is 0 Å². The maximum absolute atomic E-state index is 4.56. The lowest BCUT2D eigenvalue weighted by Crippen LogP contribution is -2.48. The number of aryl methyl sites for hydroxylation is 1. The van der Waals surface area contributed by atoms with E-state index in [9.17, 15) is 0 Å². The predicted molar refractivity (Wildman–Crippen MR) is 95.4 cm³/mol. The molecule has 2 aromatic rings. The van der Waals surface area contributed by atoms with Crippen molar-refractivity contribution < 1.29 is 0 Å². The molecule has 2 saturated heterocycles. The number of rotatable bonds is 3. The van der Waals surface area contributed by atoms with Gasteiger partial charge in [0.25, 0.3) is 5.78 Å². The average Bonchev–Trinajstić information content (AvgIpc) is 3.09. The molecule has 2 fully saturated rings. The van der Waals surface area contributed by atoms with Crippen molar-refractivity contribution in [1.82, 2.24) is 24.5 Å². The van der Waals surface area contributed by atoms with Crippen molar-refractivity contribution >= 4 is 11.6 Å². The highest BCUT2D eigenvalue weighted by Gasteiger charge is 2.28. The van der Waals surface area contributed by atoms with Gasteiger partial charge in [0, 0.05) is 37.4 Å². The highest BCUT2D eigenvalue weighted by atomic mass is 15.4. The van der Waals surface area contributed by atoms with E-state index >= 15 is 0 Å². The highest BCUT2D eigenvalue weighted by Crippen LogP contribution is 2.26. The summed E-state index contributed by atoms with van der Waals surface area (Å²) < 4.78 is 1.89. The first-order chi connectivity index (χ1) is 11.7. The Morgan fingerprint density at radius 3 is 2.75 bits per heavy atom. The molecule has 24 heavy (non-hydrogen) atoms. The van der Waals surface area contributed by atoms with Crippen LogP contribution in [0.2, 0.25) is 0 Å². The van der Waals surface area contributed by atoms with Crippen LogP contribution in [0.1, 0.15) is 45.2 Å². The van der Waals surface area contributed by atoms with E-state index in [4.69, 9.17) is 0 Å². The number of piperidine rings is 2. The zero-order valence-electron chi connectivity index (χ0n) is 14.9. The summed E-state index contributed by atoms with van der Waals surface area (Å²) >= 11 is 0. The lowest BCUT2D eigenvalue weighted by molar-refractivity contribution is 0.112. The van der Waals surface area contributed by atoms with E-state index < -0.39 is 0 Å². The van der Waals surface area contributed by atoms with Crippen LogP contribution in [0, 0.1) is 5.92 Å². The number of nitrogens with zero attached hydrogens (tertiary/aromatic N) is 6. The van der Waals surface area contributed by atoms with Crippen LogP contribution in [0.5, 0.6) is 0 Å². The van der Waals surface area contributed by atoms with Crippen LogP contribution in [0.25, 0.3) is 5.78 Å². The summed E-state index contributed by atoms with van der Waals surface area (Å²) in [4.78, 5) is 14.0. The molecule has 0 aromatic carbocycles. The lowest BCUT2D eigenvalue weighted by atomic mass is 9.95. The van der Waals surface area contributed by atoms with Crippen LogP contribution < -0.4 is 4.90 Å². The third kappa shape index (κ3) is 2.99. The van der Waals surface area contributed by atoms with Gasteiger partial charge in [0.2, 0.25) is 0 Å². The molecule has 0 bridgehead atoms. The summed E-state index contributed by atoms with van der Waals surface area (Å²) in [5.74, 6) is 2.73. The second-order valence-corrected chi connectivity index (χ2v) is 7.39. The van der Waals surface area contributed by atoms with Crippen molar-refractivity contribution in [2.24, 2.45) is 5.92 Å². The van der Waals surface area contributed by atoms with Gasteiger partial charge in [0.05, 0.1) is 0 Å². The topological polar surface area (TPSA) is 49.6 Å². The van der Waals surface area contributed by atoms with Gasteiger partial charge in [0.15, 0.2) is 0 Å². The SMILES string of the molecule is CCc1cc(N2CCC(N3CCCC(C)C3)CC2)n2ncnc2n1. The van der Waals surface area contributed by atoms with Crippen LogP contribution >= 0.6 is 0 Å². The van der Waals surface area contributed by atoms with Crippen molar-refractivity contribution in [3.63, 3.8) is 0 Å². The first-order valence-electron chi connectivity index (χ1n) is 9.43. The van der Waals surface area contributed by atoms with Gasteiger partial charge in [-0.3, -0.25) is 4.90 Å². The molecule has 6 nitrogen and oxygen atoms in total. The van der Waals surface area contributed by atoms with E-state index in [1.54, 1.807) is 6.33 Å². The summed E-state index contributed by atoms with van der Waals surface area (Å²) in [6.45, 7) is 9.30. The zero-order chi connectivity index (χ0) is 16.5. The normalized spacial score (nSPS) is 23.9. The molecular formula is C18H28N6. The Bertz CT molecular complexity index is 688. The fourth-order valence-electron chi connectivity index (χ4n) is 4.27. The minimum atomic E-state index is 0.719. The van der Waals surface area contributed by atoms with Crippen LogP contribution in [-0.4, -0.2) is 56.7 Å². The van der Waals surface area contributed by atoms with Gasteiger partial charge in [-0.2, -0.15) is 14.6 Å². The second kappa shape index (κ2) is 6.67. The highest BCUT2D eigenvalue weighted by molar-refractivity contribution is 5.47. The molecule has 0 spiro atoms. The number of anilines is 1. The van der Waals surface area contributed by atoms with Crippen LogP contribution in [0.15, 0.2) is 12.4 Å². The van der Waals surface area contributed by atoms with Crippen molar-refractivity contribution in [3.8, 4) is 0 Å². The monoisotopic (exact) mass is 328 g/mol. The molecule has 2 aliphatic rings. The molecule has 130 valence electrons. The summed E-state index contributed by atoms with van der Waals surface area (Å²) in [6.07, 6.45) is 7.78. The second-order valence-electron chi connectivity index (χ2n) is 7.39. The standard InChI is InChI=1S/C18H28N6/c1-3-15-11-17(24-18(21-15)19-13-20-24)22-9-6-16(7-10-22)23-8-4-5-14(2)12-23/h11,13-14,16H,3-10,12H2,1-2H3. The third-order valence-electron chi connectivity index (χ3n) is 5.64. The Balaban J connectivity index is 1.49. The van der Waals surface area contributed by atoms with Crippen molar-refractivity contribution in [1.29, 1.82) is 0 Å². The molecule has 2 aromatic heterocycles. The Morgan fingerprint density at radius 1 is 1.17 bits per heavy atom. The summed E-state index contributed by atoms with van der Waals surface area (Å²) in [7, 11) is 0. The van der Waals surface area contributed by atoms with Gasteiger partial charge in [-0.25, -0.2) is 4.98 Å². The Labute approximate surface area is 143 Å². The summed E-state index contributed by atoms with van der Waals surface area (Å²) in [5, 5.41) is 4.38. The van der Waals surface area contributed by atoms with E-state index in [0.717, 1.165) is 48.8 Å². The molecule has 6 heteroatoms. The Morgan fingerprint density at radius 2 is 2.00 bits per heavy atom. The smallest absolute Gasteiger partial charge is 0.254 e. The van der Waals surface area contributed by atoms with Gasteiger partial charge in [-0.15, -0.1) is 0 Å². The molecule has 0 saturated carbocycles. The van der Waals surface area contributed by atoms with Gasteiger partial charge in [0.1, 0.15) is 12.1 Å². The fourth-order valence-corrected chi connectivity index (χ4v) is 4.27.